The summed E-state index contributed by atoms with van der Waals surface area (Å²) in [7, 11) is 0. The Morgan fingerprint density at radius 2 is 0.861 bits per heavy atom. The minimum atomic E-state index is -0.0334. The molecule has 0 aliphatic rings. The molecule has 0 unspecified atom stereocenters. The van der Waals surface area contributed by atoms with E-state index >= 15 is 0 Å². The van der Waals surface area contributed by atoms with Gasteiger partial charge in [0.25, 0.3) is 0 Å². The fourth-order valence-corrected chi connectivity index (χ4v) is 4.85. The van der Waals surface area contributed by atoms with Crippen molar-refractivity contribution in [2.45, 2.75) is 23.6 Å². The van der Waals surface area contributed by atoms with Gasteiger partial charge in [-0.05, 0) is 73.5 Å². The van der Waals surface area contributed by atoms with Crippen LogP contribution in [0.15, 0.2) is 107 Å². The quantitative estimate of drug-likeness (QED) is 0.229. The zero-order valence-corrected chi connectivity index (χ0v) is 21.9. The highest BCUT2D eigenvalue weighted by atomic mass is 32.2. The first-order valence-corrected chi connectivity index (χ1v) is 13.6. The second-order valence-electron chi connectivity index (χ2n) is 8.45. The molecule has 4 nitrogen and oxygen atoms in total. The van der Waals surface area contributed by atoms with Crippen LogP contribution >= 0.6 is 23.5 Å². The first-order valence-electron chi connectivity index (χ1n) is 11.6. The summed E-state index contributed by atoms with van der Waals surface area (Å²) in [5.74, 6) is 0.659. The Morgan fingerprint density at radius 3 is 1.19 bits per heavy atom. The van der Waals surface area contributed by atoms with E-state index in [1.165, 1.54) is 34.7 Å². The van der Waals surface area contributed by atoms with Gasteiger partial charge in [0.1, 0.15) is 0 Å². The number of thioether (sulfide) groups is 2. The monoisotopic (exact) mass is 512 g/mol. The van der Waals surface area contributed by atoms with E-state index in [0.717, 1.165) is 32.3 Å². The molecule has 0 bridgehead atoms. The van der Waals surface area contributed by atoms with E-state index in [1.807, 2.05) is 111 Å². The summed E-state index contributed by atoms with van der Waals surface area (Å²) in [5, 5.41) is 5.90. The van der Waals surface area contributed by atoms with Gasteiger partial charge in [0.05, 0.1) is 11.5 Å². The topological polar surface area (TPSA) is 58.2 Å². The summed E-state index contributed by atoms with van der Waals surface area (Å²) < 4.78 is 0. The maximum absolute atomic E-state index is 12.3. The Bertz CT molecular complexity index is 1200. The van der Waals surface area contributed by atoms with Crippen molar-refractivity contribution in [1.82, 2.24) is 0 Å². The molecule has 0 aliphatic heterocycles. The second kappa shape index (κ2) is 12.5. The van der Waals surface area contributed by atoms with Crippen LogP contribution in [0.25, 0.3) is 11.1 Å². The molecule has 4 aromatic rings. The summed E-state index contributed by atoms with van der Waals surface area (Å²) in [6.07, 6.45) is 0. The van der Waals surface area contributed by atoms with Crippen molar-refractivity contribution in [3.8, 4) is 11.1 Å². The molecule has 0 aromatic heterocycles. The fourth-order valence-electron chi connectivity index (χ4n) is 3.45. The Morgan fingerprint density at radius 1 is 0.528 bits per heavy atom. The lowest BCUT2D eigenvalue weighted by Gasteiger charge is -2.09. The highest BCUT2D eigenvalue weighted by Gasteiger charge is 2.07. The van der Waals surface area contributed by atoms with Crippen molar-refractivity contribution in [3.63, 3.8) is 0 Å². The van der Waals surface area contributed by atoms with Crippen molar-refractivity contribution >= 4 is 46.7 Å². The molecule has 0 radical (unpaired) electrons. The molecule has 0 atom stereocenters. The Labute approximate surface area is 220 Å². The van der Waals surface area contributed by atoms with Crippen molar-refractivity contribution in [2.75, 3.05) is 22.1 Å². The molecule has 0 spiro atoms. The van der Waals surface area contributed by atoms with Gasteiger partial charge in [0.2, 0.25) is 11.8 Å². The molecule has 2 amide bonds. The number of amides is 2. The SMILES string of the molecule is Cc1ccc(SCC(=O)Nc2ccc(-c3ccc(NC(=O)CSc4ccc(C)cc4)cc3)cc2)cc1. The van der Waals surface area contributed by atoms with Crippen LogP contribution in [0.4, 0.5) is 11.4 Å². The van der Waals surface area contributed by atoms with Crippen molar-refractivity contribution in [1.29, 1.82) is 0 Å². The standard InChI is InChI=1S/C30H28N2O2S2/c1-21-3-15-27(16-4-21)35-19-29(33)31-25-11-7-23(8-12-25)24-9-13-26(14-10-24)32-30(34)20-36-28-17-5-22(2)6-18-28/h3-18H,19-20H2,1-2H3,(H,31,33)(H,32,34). The van der Waals surface area contributed by atoms with E-state index in [1.54, 1.807) is 0 Å². The van der Waals surface area contributed by atoms with E-state index < -0.39 is 0 Å². The van der Waals surface area contributed by atoms with E-state index in [4.69, 9.17) is 0 Å². The van der Waals surface area contributed by atoms with Crippen LogP contribution in [-0.4, -0.2) is 23.3 Å². The number of hydrogen-bond donors (Lipinski definition) is 2. The van der Waals surface area contributed by atoms with Gasteiger partial charge in [-0.1, -0.05) is 59.7 Å². The smallest absolute Gasteiger partial charge is 0.234 e. The van der Waals surface area contributed by atoms with Crippen molar-refractivity contribution in [3.05, 3.63) is 108 Å². The molecule has 2 N–H and O–H groups in total. The number of nitrogens with one attached hydrogen (secondary N) is 2. The lowest BCUT2D eigenvalue weighted by molar-refractivity contribution is -0.114. The van der Waals surface area contributed by atoms with Crippen LogP contribution in [0.1, 0.15) is 11.1 Å². The lowest BCUT2D eigenvalue weighted by Crippen LogP contribution is -2.14. The molecule has 182 valence electrons. The molecule has 0 heterocycles. The molecular weight excluding hydrogens is 484 g/mol. The molecule has 6 heteroatoms. The third kappa shape index (κ3) is 7.77. The molecular formula is C30H28N2O2S2. The first kappa shape index (κ1) is 25.6. The fraction of sp³-hybridized carbons (Fsp3) is 0.133. The number of benzene rings is 4. The van der Waals surface area contributed by atoms with Crippen molar-refractivity contribution < 1.29 is 9.59 Å². The number of hydrogen-bond acceptors (Lipinski definition) is 4. The Balaban J connectivity index is 1.25. The second-order valence-corrected chi connectivity index (χ2v) is 10.6. The summed E-state index contributed by atoms with van der Waals surface area (Å²) in [6.45, 7) is 4.09. The molecule has 0 aliphatic carbocycles. The number of anilines is 2. The van der Waals surface area contributed by atoms with E-state index in [2.05, 4.69) is 10.6 Å². The number of aryl methyl sites for hydroxylation is 2. The van der Waals surface area contributed by atoms with Gasteiger partial charge in [0, 0.05) is 21.2 Å². The van der Waals surface area contributed by atoms with Gasteiger partial charge < -0.3 is 10.6 Å². The van der Waals surface area contributed by atoms with Crippen LogP contribution in [0.5, 0.6) is 0 Å². The van der Waals surface area contributed by atoms with E-state index in [9.17, 15) is 9.59 Å². The van der Waals surface area contributed by atoms with Gasteiger partial charge in [-0.3, -0.25) is 9.59 Å². The maximum Gasteiger partial charge on any atom is 0.234 e. The molecule has 0 fully saturated rings. The number of carbonyl (C=O) groups is 2. The van der Waals surface area contributed by atoms with Gasteiger partial charge in [-0.25, -0.2) is 0 Å². The molecule has 4 aromatic carbocycles. The third-order valence-electron chi connectivity index (χ3n) is 5.45. The van der Waals surface area contributed by atoms with Crippen LogP contribution in [0, 0.1) is 13.8 Å². The van der Waals surface area contributed by atoms with Crippen LogP contribution in [-0.2, 0) is 9.59 Å². The highest BCUT2D eigenvalue weighted by Crippen LogP contribution is 2.24. The zero-order valence-electron chi connectivity index (χ0n) is 20.3. The largest absolute Gasteiger partial charge is 0.325 e. The minimum absolute atomic E-state index is 0.0334. The number of rotatable bonds is 9. The average Bonchev–Trinajstić information content (AvgIpc) is 2.89. The Hall–Kier alpha value is -3.48. The van der Waals surface area contributed by atoms with Gasteiger partial charge in [-0.15, -0.1) is 23.5 Å². The van der Waals surface area contributed by atoms with Crippen molar-refractivity contribution in [2.24, 2.45) is 0 Å². The molecule has 36 heavy (non-hydrogen) atoms. The lowest BCUT2D eigenvalue weighted by atomic mass is 10.0. The maximum atomic E-state index is 12.3. The van der Waals surface area contributed by atoms with Gasteiger partial charge in [0.15, 0.2) is 0 Å². The normalized spacial score (nSPS) is 10.6. The predicted octanol–water partition coefficient (Wildman–Crippen LogP) is 7.43. The summed E-state index contributed by atoms with van der Waals surface area (Å²) in [5.41, 5.74) is 6.02. The first-order chi connectivity index (χ1) is 17.4. The van der Waals surface area contributed by atoms with E-state index in [0.29, 0.717) is 11.5 Å². The molecule has 4 rings (SSSR count). The Kier molecular flexibility index (Phi) is 8.87. The number of carbonyl (C=O) groups excluding carboxylic acids is 2. The summed E-state index contributed by atoms with van der Waals surface area (Å²) >= 11 is 3.04. The zero-order chi connectivity index (χ0) is 25.3. The third-order valence-corrected chi connectivity index (χ3v) is 7.48. The molecule has 0 saturated heterocycles. The minimum Gasteiger partial charge on any atom is -0.325 e. The van der Waals surface area contributed by atoms with E-state index in [-0.39, 0.29) is 11.8 Å². The highest BCUT2D eigenvalue weighted by molar-refractivity contribution is 8.00. The van der Waals surface area contributed by atoms with Gasteiger partial charge >= 0.3 is 0 Å². The summed E-state index contributed by atoms with van der Waals surface area (Å²) in [6, 6.07) is 31.9. The van der Waals surface area contributed by atoms with Crippen LogP contribution in [0.3, 0.4) is 0 Å². The molecule has 0 saturated carbocycles. The summed E-state index contributed by atoms with van der Waals surface area (Å²) in [4.78, 5) is 26.8. The van der Waals surface area contributed by atoms with Crippen LogP contribution < -0.4 is 10.6 Å². The van der Waals surface area contributed by atoms with Crippen LogP contribution in [0.2, 0.25) is 0 Å². The average molecular weight is 513 g/mol. The predicted molar refractivity (Wildman–Crippen MR) is 153 cm³/mol. The van der Waals surface area contributed by atoms with Gasteiger partial charge in [-0.2, -0.15) is 0 Å².